The van der Waals surface area contributed by atoms with Gasteiger partial charge in [0.25, 0.3) is 0 Å². The van der Waals surface area contributed by atoms with E-state index in [4.69, 9.17) is 5.73 Å². The van der Waals surface area contributed by atoms with Crippen LogP contribution in [0.25, 0.3) is 0 Å². The van der Waals surface area contributed by atoms with Gasteiger partial charge in [-0.15, -0.1) is 0 Å². The number of rotatable bonds is 2. The average Bonchev–Trinajstić information content (AvgIpc) is 2.15. The van der Waals surface area contributed by atoms with Gasteiger partial charge in [0.05, 0.1) is 6.04 Å². The molecule has 88 valence electrons. The molecule has 15 heavy (non-hydrogen) atoms. The second kappa shape index (κ2) is 4.52. The quantitative estimate of drug-likeness (QED) is 0.756. The Morgan fingerprint density at radius 1 is 1.27 bits per heavy atom. The summed E-state index contributed by atoms with van der Waals surface area (Å²) in [4.78, 5) is 13.9. The van der Waals surface area contributed by atoms with Gasteiger partial charge in [-0.3, -0.25) is 4.79 Å². The molecule has 1 amide bonds. The van der Waals surface area contributed by atoms with E-state index in [2.05, 4.69) is 13.8 Å². The van der Waals surface area contributed by atoms with E-state index in [9.17, 15) is 4.79 Å². The third-order valence-electron chi connectivity index (χ3n) is 3.43. The molecule has 1 aliphatic rings. The maximum atomic E-state index is 12.0. The number of hydrogen-bond acceptors (Lipinski definition) is 2. The molecule has 1 rings (SSSR count). The van der Waals surface area contributed by atoms with Crippen LogP contribution in [0.5, 0.6) is 0 Å². The molecule has 0 spiro atoms. The molecular formula is C12H24N2O. The third-order valence-corrected chi connectivity index (χ3v) is 3.43. The highest BCUT2D eigenvalue weighted by Crippen LogP contribution is 2.29. The number of likely N-dealkylation sites (tertiary alicyclic amines) is 1. The molecule has 1 heterocycles. The Labute approximate surface area is 93.0 Å². The van der Waals surface area contributed by atoms with E-state index in [0.29, 0.717) is 5.41 Å². The van der Waals surface area contributed by atoms with E-state index in [1.54, 1.807) is 0 Å². The van der Waals surface area contributed by atoms with E-state index in [1.165, 1.54) is 0 Å². The molecule has 0 bridgehead atoms. The van der Waals surface area contributed by atoms with Gasteiger partial charge in [-0.2, -0.15) is 0 Å². The molecule has 0 aromatic heterocycles. The molecular weight excluding hydrogens is 188 g/mol. The zero-order valence-electron chi connectivity index (χ0n) is 10.4. The van der Waals surface area contributed by atoms with Gasteiger partial charge in [-0.05, 0) is 24.2 Å². The number of hydrogen-bond donors (Lipinski definition) is 1. The van der Waals surface area contributed by atoms with Crippen molar-refractivity contribution in [2.75, 3.05) is 13.1 Å². The van der Waals surface area contributed by atoms with E-state index in [0.717, 1.165) is 25.9 Å². The van der Waals surface area contributed by atoms with E-state index >= 15 is 0 Å². The van der Waals surface area contributed by atoms with Crippen molar-refractivity contribution < 1.29 is 4.79 Å². The summed E-state index contributed by atoms with van der Waals surface area (Å²) in [7, 11) is 0. The fourth-order valence-corrected chi connectivity index (χ4v) is 1.83. The van der Waals surface area contributed by atoms with Crippen LogP contribution in [-0.4, -0.2) is 29.9 Å². The number of piperidine rings is 1. The van der Waals surface area contributed by atoms with Gasteiger partial charge < -0.3 is 10.6 Å². The zero-order chi connectivity index (χ0) is 11.6. The van der Waals surface area contributed by atoms with Crippen LogP contribution < -0.4 is 5.73 Å². The molecule has 1 saturated heterocycles. The van der Waals surface area contributed by atoms with Gasteiger partial charge in [-0.25, -0.2) is 0 Å². The van der Waals surface area contributed by atoms with Crippen molar-refractivity contribution in [3.8, 4) is 0 Å². The van der Waals surface area contributed by atoms with Crippen LogP contribution in [-0.2, 0) is 4.79 Å². The standard InChI is InChI=1S/C12H24N2O/c1-9(2)10(13)11(15)14-7-5-12(3,4)6-8-14/h9-10H,5-8,13H2,1-4H3. The summed E-state index contributed by atoms with van der Waals surface area (Å²) in [5.74, 6) is 0.355. The van der Waals surface area contributed by atoms with Crippen molar-refractivity contribution in [1.29, 1.82) is 0 Å². The minimum absolute atomic E-state index is 0.125. The largest absolute Gasteiger partial charge is 0.341 e. The van der Waals surface area contributed by atoms with Crippen LogP contribution in [0.2, 0.25) is 0 Å². The lowest BCUT2D eigenvalue weighted by Crippen LogP contribution is -2.50. The molecule has 0 aromatic rings. The minimum atomic E-state index is -0.328. The highest BCUT2D eigenvalue weighted by atomic mass is 16.2. The summed E-state index contributed by atoms with van der Waals surface area (Å²) in [5.41, 5.74) is 6.25. The van der Waals surface area contributed by atoms with Crippen molar-refractivity contribution in [2.24, 2.45) is 17.1 Å². The monoisotopic (exact) mass is 212 g/mol. The molecule has 3 heteroatoms. The molecule has 1 atom stereocenters. The predicted octanol–water partition coefficient (Wildman–Crippen LogP) is 1.62. The normalized spacial score (nSPS) is 22.9. The number of nitrogens with two attached hydrogens (primary N) is 1. The van der Waals surface area contributed by atoms with Crippen LogP contribution in [0.1, 0.15) is 40.5 Å². The van der Waals surface area contributed by atoms with Crippen LogP contribution in [0.3, 0.4) is 0 Å². The van der Waals surface area contributed by atoms with Crippen molar-refractivity contribution in [3.05, 3.63) is 0 Å². The van der Waals surface area contributed by atoms with E-state index in [-0.39, 0.29) is 17.9 Å². The Morgan fingerprint density at radius 3 is 2.13 bits per heavy atom. The lowest BCUT2D eigenvalue weighted by atomic mass is 9.82. The molecule has 0 radical (unpaired) electrons. The fourth-order valence-electron chi connectivity index (χ4n) is 1.83. The SMILES string of the molecule is CC(C)C(N)C(=O)N1CCC(C)(C)CC1. The Bertz CT molecular complexity index is 226. The summed E-state index contributed by atoms with van der Waals surface area (Å²) >= 11 is 0. The number of carbonyl (C=O) groups is 1. The van der Waals surface area contributed by atoms with E-state index in [1.807, 2.05) is 18.7 Å². The molecule has 0 aromatic carbocycles. The van der Waals surface area contributed by atoms with Gasteiger partial charge in [0.1, 0.15) is 0 Å². The summed E-state index contributed by atoms with van der Waals surface area (Å²) in [5, 5.41) is 0. The third kappa shape index (κ3) is 3.20. The van der Waals surface area contributed by atoms with Crippen LogP contribution in [0.15, 0.2) is 0 Å². The zero-order valence-corrected chi connectivity index (χ0v) is 10.4. The Morgan fingerprint density at radius 2 is 1.73 bits per heavy atom. The van der Waals surface area contributed by atoms with Gasteiger partial charge in [0, 0.05) is 13.1 Å². The fraction of sp³-hybridized carbons (Fsp3) is 0.917. The minimum Gasteiger partial charge on any atom is -0.341 e. The van der Waals surface area contributed by atoms with Gasteiger partial charge >= 0.3 is 0 Å². The average molecular weight is 212 g/mol. The summed E-state index contributed by atoms with van der Waals surface area (Å²) < 4.78 is 0. The van der Waals surface area contributed by atoms with Crippen LogP contribution in [0.4, 0.5) is 0 Å². The molecule has 1 aliphatic heterocycles. The maximum absolute atomic E-state index is 12.0. The van der Waals surface area contributed by atoms with Crippen molar-refractivity contribution in [1.82, 2.24) is 4.90 Å². The number of nitrogens with zero attached hydrogens (tertiary/aromatic N) is 1. The Balaban J connectivity index is 2.50. The molecule has 1 fully saturated rings. The van der Waals surface area contributed by atoms with Crippen LogP contribution in [0, 0.1) is 11.3 Å². The first-order valence-corrected chi connectivity index (χ1v) is 5.88. The second-order valence-electron chi connectivity index (χ2n) is 5.76. The topological polar surface area (TPSA) is 46.3 Å². The van der Waals surface area contributed by atoms with Crippen molar-refractivity contribution in [3.63, 3.8) is 0 Å². The predicted molar refractivity (Wildman–Crippen MR) is 62.4 cm³/mol. The van der Waals surface area contributed by atoms with Gasteiger partial charge in [0.2, 0.25) is 5.91 Å². The molecule has 0 saturated carbocycles. The number of carbonyl (C=O) groups excluding carboxylic acids is 1. The first-order valence-electron chi connectivity index (χ1n) is 5.88. The van der Waals surface area contributed by atoms with E-state index < -0.39 is 0 Å². The summed E-state index contributed by atoms with van der Waals surface area (Å²) in [6.45, 7) is 10.2. The number of amides is 1. The first kappa shape index (κ1) is 12.5. The molecule has 0 aliphatic carbocycles. The van der Waals surface area contributed by atoms with Crippen molar-refractivity contribution in [2.45, 2.75) is 46.6 Å². The maximum Gasteiger partial charge on any atom is 0.239 e. The molecule has 3 nitrogen and oxygen atoms in total. The Kier molecular flexibility index (Phi) is 3.77. The first-order chi connectivity index (χ1) is 6.83. The van der Waals surface area contributed by atoms with Crippen molar-refractivity contribution >= 4 is 5.91 Å². The van der Waals surface area contributed by atoms with Gasteiger partial charge in [0.15, 0.2) is 0 Å². The van der Waals surface area contributed by atoms with Gasteiger partial charge in [-0.1, -0.05) is 27.7 Å². The highest BCUT2D eigenvalue weighted by Gasteiger charge is 2.30. The van der Waals surface area contributed by atoms with Crippen LogP contribution >= 0.6 is 0 Å². The summed E-state index contributed by atoms with van der Waals surface area (Å²) in [6.07, 6.45) is 2.17. The molecule has 1 unspecified atom stereocenters. The summed E-state index contributed by atoms with van der Waals surface area (Å²) in [6, 6.07) is -0.328. The lowest BCUT2D eigenvalue weighted by molar-refractivity contribution is -0.135. The lowest BCUT2D eigenvalue weighted by Gasteiger charge is -2.38. The highest BCUT2D eigenvalue weighted by molar-refractivity contribution is 5.82. The smallest absolute Gasteiger partial charge is 0.239 e. The second-order valence-corrected chi connectivity index (χ2v) is 5.76. The molecule has 2 N–H and O–H groups in total. The Hall–Kier alpha value is -0.570.